The zero-order valence-electron chi connectivity index (χ0n) is 13.7. The van der Waals surface area contributed by atoms with Gasteiger partial charge in [0, 0.05) is 13.2 Å². The van der Waals surface area contributed by atoms with Crippen molar-refractivity contribution < 1.29 is 4.74 Å². The van der Waals surface area contributed by atoms with Crippen molar-refractivity contribution in [3.8, 4) is 0 Å². The molecule has 0 aliphatic carbocycles. The quantitative estimate of drug-likeness (QED) is 0.356. The molecule has 19 heavy (non-hydrogen) atoms. The molecule has 0 spiro atoms. The fraction of sp³-hybridized carbons (Fsp3) is 0.882. The molecule has 114 valence electrons. The minimum Gasteiger partial charge on any atom is -0.378 e. The molecule has 0 saturated heterocycles. The number of unbranched alkanes of at least 4 members (excludes halogenated alkanes) is 1. The molecule has 1 unspecified atom stereocenters. The van der Waals surface area contributed by atoms with Crippen molar-refractivity contribution in [2.75, 3.05) is 26.2 Å². The number of allylic oxidation sites excluding steroid dienone is 1. The summed E-state index contributed by atoms with van der Waals surface area (Å²) in [6.07, 6.45) is 7.50. The molecule has 0 aromatic rings. The average molecular weight is 269 g/mol. The first-order valence-corrected chi connectivity index (χ1v) is 8.14. The minimum atomic E-state index is 0.379. The number of hydrogen-bond acceptors (Lipinski definition) is 2. The van der Waals surface area contributed by atoms with E-state index in [-0.39, 0.29) is 0 Å². The highest BCUT2D eigenvalue weighted by molar-refractivity contribution is 4.93. The lowest BCUT2D eigenvalue weighted by Crippen LogP contribution is -2.27. The Kier molecular flexibility index (Phi) is 12.5. The van der Waals surface area contributed by atoms with Crippen LogP contribution in [0.5, 0.6) is 0 Å². The Balaban J connectivity index is 3.47. The summed E-state index contributed by atoms with van der Waals surface area (Å²) in [5.41, 5.74) is 1.39. The fourth-order valence-electron chi connectivity index (χ4n) is 2.15. The Morgan fingerprint density at radius 2 is 1.74 bits per heavy atom. The van der Waals surface area contributed by atoms with E-state index in [9.17, 15) is 0 Å². The molecular weight excluding hydrogens is 234 g/mol. The Morgan fingerprint density at radius 3 is 2.32 bits per heavy atom. The van der Waals surface area contributed by atoms with Crippen LogP contribution in [0, 0.1) is 0 Å². The van der Waals surface area contributed by atoms with Gasteiger partial charge in [-0.1, -0.05) is 39.3 Å². The van der Waals surface area contributed by atoms with Crippen molar-refractivity contribution in [2.24, 2.45) is 0 Å². The Bertz CT molecular complexity index is 211. The van der Waals surface area contributed by atoms with E-state index in [1.54, 1.807) is 0 Å². The number of nitrogens with zero attached hydrogens (tertiary/aromatic N) is 1. The van der Waals surface area contributed by atoms with Crippen molar-refractivity contribution in [2.45, 2.75) is 72.3 Å². The summed E-state index contributed by atoms with van der Waals surface area (Å²) in [5, 5.41) is 0. The highest BCUT2D eigenvalue weighted by Gasteiger charge is 2.05. The van der Waals surface area contributed by atoms with Crippen LogP contribution in [0.3, 0.4) is 0 Å². The normalized spacial score (nSPS) is 12.9. The SMILES string of the molecule is C=C(CCCC)CCCOC(C)CCN(CC)CC. The predicted molar refractivity (Wildman–Crippen MR) is 85.7 cm³/mol. The molecule has 0 rings (SSSR count). The maximum atomic E-state index is 5.87. The van der Waals surface area contributed by atoms with Crippen LogP contribution in [0.1, 0.15) is 66.2 Å². The molecule has 0 aliphatic rings. The minimum absolute atomic E-state index is 0.379. The Hall–Kier alpha value is -0.340. The van der Waals surface area contributed by atoms with Gasteiger partial charge in [-0.2, -0.15) is 0 Å². The van der Waals surface area contributed by atoms with Gasteiger partial charge in [0.1, 0.15) is 0 Å². The third-order valence-corrected chi connectivity index (χ3v) is 3.71. The van der Waals surface area contributed by atoms with Crippen LogP contribution in [0.15, 0.2) is 12.2 Å². The third kappa shape index (κ3) is 11.2. The maximum Gasteiger partial charge on any atom is 0.0559 e. The molecule has 1 atom stereocenters. The van der Waals surface area contributed by atoms with Crippen LogP contribution in [0.25, 0.3) is 0 Å². The average Bonchev–Trinajstić information content (AvgIpc) is 2.42. The third-order valence-electron chi connectivity index (χ3n) is 3.71. The van der Waals surface area contributed by atoms with Gasteiger partial charge in [-0.15, -0.1) is 0 Å². The summed E-state index contributed by atoms with van der Waals surface area (Å²) in [6, 6.07) is 0. The van der Waals surface area contributed by atoms with Gasteiger partial charge in [0.05, 0.1) is 6.10 Å². The molecule has 0 N–H and O–H groups in total. The lowest BCUT2D eigenvalue weighted by Gasteiger charge is -2.20. The molecule has 0 fully saturated rings. The molecule has 0 aliphatic heterocycles. The first-order chi connectivity index (χ1) is 9.13. The van der Waals surface area contributed by atoms with E-state index in [0.29, 0.717) is 6.10 Å². The van der Waals surface area contributed by atoms with Crippen molar-refractivity contribution in [1.82, 2.24) is 4.90 Å². The summed E-state index contributed by atoms with van der Waals surface area (Å²) in [4.78, 5) is 2.45. The van der Waals surface area contributed by atoms with E-state index >= 15 is 0 Å². The van der Waals surface area contributed by atoms with Gasteiger partial charge in [0.2, 0.25) is 0 Å². The summed E-state index contributed by atoms with van der Waals surface area (Å²) in [5.74, 6) is 0. The first kappa shape index (κ1) is 18.7. The zero-order chi connectivity index (χ0) is 14.5. The summed E-state index contributed by atoms with van der Waals surface area (Å²) in [6.45, 7) is 17.3. The molecule has 2 nitrogen and oxygen atoms in total. The van der Waals surface area contributed by atoms with Crippen LogP contribution in [0.2, 0.25) is 0 Å². The van der Waals surface area contributed by atoms with Gasteiger partial charge < -0.3 is 9.64 Å². The second-order valence-corrected chi connectivity index (χ2v) is 5.45. The van der Waals surface area contributed by atoms with Crippen LogP contribution in [0.4, 0.5) is 0 Å². The lowest BCUT2D eigenvalue weighted by molar-refractivity contribution is 0.0515. The summed E-state index contributed by atoms with van der Waals surface area (Å²) in [7, 11) is 0. The van der Waals surface area contributed by atoms with E-state index in [4.69, 9.17) is 4.74 Å². The van der Waals surface area contributed by atoms with Crippen LogP contribution in [-0.4, -0.2) is 37.2 Å². The van der Waals surface area contributed by atoms with E-state index in [1.807, 2.05) is 0 Å². The number of rotatable bonds is 13. The Labute approximate surface area is 121 Å². The lowest BCUT2D eigenvalue weighted by atomic mass is 10.1. The van der Waals surface area contributed by atoms with Crippen molar-refractivity contribution in [3.63, 3.8) is 0 Å². The topological polar surface area (TPSA) is 12.5 Å². The second-order valence-electron chi connectivity index (χ2n) is 5.45. The molecule has 0 saturated carbocycles. The van der Waals surface area contributed by atoms with Gasteiger partial charge in [-0.3, -0.25) is 0 Å². The van der Waals surface area contributed by atoms with Gasteiger partial charge in [-0.05, 0) is 52.1 Å². The predicted octanol–water partition coefficient (Wildman–Crippen LogP) is 4.65. The van der Waals surface area contributed by atoms with Crippen LogP contribution >= 0.6 is 0 Å². The monoisotopic (exact) mass is 269 g/mol. The molecule has 0 bridgehead atoms. The van der Waals surface area contributed by atoms with E-state index in [2.05, 4.69) is 39.2 Å². The van der Waals surface area contributed by atoms with Crippen LogP contribution in [-0.2, 0) is 4.74 Å². The highest BCUT2D eigenvalue weighted by Crippen LogP contribution is 2.11. The fourth-order valence-corrected chi connectivity index (χ4v) is 2.15. The largest absolute Gasteiger partial charge is 0.378 e. The van der Waals surface area contributed by atoms with Crippen molar-refractivity contribution >= 4 is 0 Å². The standard InChI is InChI=1S/C17H35NO/c1-6-9-11-16(4)12-10-15-19-17(5)13-14-18(7-2)8-3/h17H,4,6-15H2,1-3,5H3. The molecular formula is C17H35NO. The van der Waals surface area contributed by atoms with Crippen molar-refractivity contribution in [3.05, 3.63) is 12.2 Å². The van der Waals surface area contributed by atoms with Gasteiger partial charge in [-0.25, -0.2) is 0 Å². The van der Waals surface area contributed by atoms with E-state index in [1.165, 1.54) is 24.8 Å². The zero-order valence-corrected chi connectivity index (χ0v) is 13.7. The highest BCUT2D eigenvalue weighted by atomic mass is 16.5. The molecule has 0 radical (unpaired) electrons. The summed E-state index contributed by atoms with van der Waals surface area (Å²) < 4.78 is 5.87. The van der Waals surface area contributed by atoms with Gasteiger partial charge >= 0.3 is 0 Å². The van der Waals surface area contributed by atoms with Gasteiger partial charge in [0.15, 0.2) is 0 Å². The first-order valence-electron chi connectivity index (χ1n) is 8.14. The smallest absolute Gasteiger partial charge is 0.0559 e. The molecule has 0 heterocycles. The Morgan fingerprint density at radius 1 is 1.11 bits per heavy atom. The van der Waals surface area contributed by atoms with E-state index in [0.717, 1.165) is 45.5 Å². The molecule has 0 aromatic heterocycles. The summed E-state index contributed by atoms with van der Waals surface area (Å²) >= 11 is 0. The van der Waals surface area contributed by atoms with Gasteiger partial charge in [0.25, 0.3) is 0 Å². The van der Waals surface area contributed by atoms with Crippen LogP contribution < -0.4 is 0 Å². The number of hydrogen-bond donors (Lipinski definition) is 0. The molecule has 0 aromatic carbocycles. The number of ether oxygens (including phenoxy) is 1. The van der Waals surface area contributed by atoms with E-state index < -0.39 is 0 Å². The van der Waals surface area contributed by atoms with Crippen molar-refractivity contribution in [1.29, 1.82) is 0 Å². The molecule has 0 amide bonds. The molecule has 2 heteroatoms. The maximum absolute atomic E-state index is 5.87. The second kappa shape index (κ2) is 12.7.